The molecule has 2 N–H and O–H groups in total. The van der Waals surface area contributed by atoms with Gasteiger partial charge in [-0.05, 0) is 33.3 Å². The fourth-order valence-corrected chi connectivity index (χ4v) is 2.34. The number of carboxylic acids is 1. The average Bonchev–Trinajstić information content (AvgIpc) is 2.29. The lowest BCUT2D eigenvalue weighted by molar-refractivity contribution is -0.140. The van der Waals surface area contributed by atoms with Crippen molar-refractivity contribution in [3.05, 3.63) is 29.8 Å². The molecule has 1 rings (SSSR count). The molecule has 106 valence electrons. The number of nitrogens with zero attached hydrogens (tertiary/aromatic N) is 1. The van der Waals surface area contributed by atoms with Crippen molar-refractivity contribution in [3.8, 4) is 5.75 Å². The van der Waals surface area contributed by atoms with Crippen molar-refractivity contribution < 1.29 is 15.0 Å². The fraction of sp³-hybridized carbons (Fsp3) is 0.533. The lowest BCUT2D eigenvalue weighted by Crippen LogP contribution is -2.46. The van der Waals surface area contributed by atoms with Crippen LogP contribution in [0.25, 0.3) is 0 Å². The molecule has 0 aromatic heterocycles. The maximum Gasteiger partial charge on any atom is 0.317 e. The number of benzene rings is 1. The molecular formula is C15H23NO3. The Morgan fingerprint density at radius 2 is 1.89 bits per heavy atom. The predicted molar refractivity (Wildman–Crippen MR) is 75.2 cm³/mol. The molecule has 1 aromatic carbocycles. The maximum absolute atomic E-state index is 11.1. The van der Waals surface area contributed by atoms with E-state index in [9.17, 15) is 9.90 Å². The van der Waals surface area contributed by atoms with E-state index in [1.54, 1.807) is 12.1 Å². The van der Waals surface area contributed by atoms with Crippen molar-refractivity contribution in [1.82, 2.24) is 4.90 Å². The third-order valence-electron chi connectivity index (χ3n) is 3.23. The minimum Gasteiger partial charge on any atom is -0.508 e. The lowest BCUT2D eigenvalue weighted by Gasteiger charge is -2.40. The van der Waals surface area contributed by atoms with Crippen LogP contribution in [0.2, 0.25) is 0 Å². The highest BCUT2D eigenvalue weighted by Crippen LogP contribution is 2.34. The molecular weight excluding hydrogens is 242 g/mol. The van der Waals surface area contributed by atoms with E-state index in [1.165, 1.54) is 0 Å². The summed E-state index contributed by atoms with van der Waals surface area (Å²) in [6.45, 7) is 7.91. The van der Waals surface area contributed by atoms with Gasteiger partial charge in [-0.2, -0.15) is 0 Å². The Labute approximate surface area is 114 Å². The highest BCUT2D eigenvalue weighted by Gasteiger charge is 2.31. The Bertz CT molecular complexity index is 437. The van der Waals surface area contributed by atoms with Crippen molar-refractivity contribution in [2.75, 3.05) is 6.54 Å². The van der Waals surface area contributed by atoms with Gasteiger partial charge in [0.1, 0.15) is 5.75 Å². The van der Waals surface area contributed by atoms with E-state index >= 15 is 0 Å². The second-order valence-corrected chi connectivity index (χ2v) is 5.68. The van der Waals surface area contributed by atoms with Crippen LogP contribution >= 0.6 is 0 Å². The Balaban J connectivity index is 3.17. The van der Waals surface area contributed by atoms with Gasteiger partial charge < -0.3 is 10.2 Å². The quantitative estimate of drug-likeness (QED) is 0.859. The molecule has 4 heteroatoms. The molecule has 0 aliphatic rings. The lowest BCUT2D eigenvalue weighted by atomic mass is 9.95. The Morgan fingerprint density at radius 1 is 1.32 bits per heavy atom. The normalized spacial score (nSPS) is 13.5. The number of carboxylic acid groups (broad SMARTS) is 1. The molecule has 0 aliphatic heterocycles. The van der Waals surface area contributed by atoms with Crippen LogP contribution in [0.1, 0.15) is 45.7 Å². The van der Waals surface area contributed by atoms with E-state index in [0.717, 1.165) is 12.0 Å². The Morgan fingerprint density at radius 3 is 2.32 bits per heavy atom. The molecule has 1 unspecified atom stereocenters. The summed E-state index contributed by atoms with van der Waals surface area (Å²) in [5.41, 5.74) is 0.489. The molecule has 0 heterocycles. The van der Waals surface area contributed by atoms with Gasteiger partial charge in [-0.25, -0.2) is 0 Å². The highest BCUT2D eigenvalue weighted by atomic mass is 16.4. The number of carbonyl (C=O) groups is 1. The van der Waals surface area contributed by atoms with Gasteiger partial charge in [-0.3, -0.25) is 9.69 Å². The van der Waals surface area contributed by atoms with Gasteiger partial charge in [-0.15, -0.1) is 0 Å². The first-order valence-electron chi connectivity index (χ1n) is 6.53. The molecule has 19 heavy (non-hydrogen) atoms. The Hall–Kier alpha value is -1.55. The van der Waals surface area contributed by atoms with E-state index in [2.05, 4.69) is 0 Å². The second-order valence-electron chi connectivity index (χ2n) is 5.68. The van der Waals surface area contributed by atoms with Gasteiger partial charge >= 0.3 is 5.97 Å². The molecule has 1 atom stereocenters. The third-order valence-corrected chi connectivity index (χ3v) is 3.23. The minimum atomic E-state index is -0.858. The summed E-state index contributed by atoms with van der Waals surface area (Å²) in [4.78, 5) is 13.0. The van der Waals surface area contributed by atoms with E-state index < -0.39 is 5.97 Å². The molecule has 0 bridgehead atoms. The molecule has 0 aliphatic carbocycles. The SMILES string of the molecule is CCC(c1ccccc1O)N(CC(=O)O)C(C)(C)C. The first-order chi connectivity index (χ1) is 8.77. The van der Waals surface area contributed by atoms with Crippen LogP contribution in [0, 0.1) is 0 Å². The van der Waals surface area contributed by atoms with Crippen LogP contribution < -0.4 is 0 Å². The number of aromatic hydroxyl groups is 1. The zero-order valence-corrected chi connectivity index (χ0v) is 12.1. The standard InChI is InChI=1S/C15H23NO3/c1-5-12(11-8-6-7-9-13(11)17)16(10-14(18)19)15(2,3)4/h6-9,12,17H,5,10H2,1-4H3,(H,18,19). The van der Waals surface area contributed by atoms with Crippen molar-refractivity contribution >= 4 is 5.97 Å². The van der Waals surface area contributed by atoms with Gasteiger partial charge in [0.15, 0.2) is 0 Å². The summed E-state index contributed by atoms with van der Waals surface area (Å²) in [5.74, 6) is -0.641. The molecule has 1 aromatic rings. The summed E-state index contributed by atoms with van der Waals surface area (Å²) in [6.07, 6.45) is 0.738. The molecule has 0 spiro atoms. The Kier molecular flexibility index (Phi) is 4.95. The first-order valence-corrected chi connectivity index (χ1v) is 6.53. The summed E-state index contributed by atoms with van der Waals surface area (Å²) in [5, 5.41) is 19.1. The van der Waals surface area contributed by atoms with E-state index in [1.807, 2.05) is 44.7 Å². The third kappa shape index (κ3) is 3.96. The monoisotopic (exact) mass is 265 g/mol. The van der Waals surface area contributed by atoms with Gasteiger partial charge in [0.05, 0.1) is 6.54 Å². The minimum absolute atomic E-state index is 0.0453. The van der Waals surface area contributed by atoms with Crippen LogP contribution in [0.5, 0.6) is 5.75 Å². The summed E-state index contributed by atoms with van der Waals surface area (Å²) < 4.78 is 0. The van der Waals surface area contributed by atoms with Crippen molar-refractivity contribution in [1.29, 1.82) is 0 Å². The molecule has 0 saturated heterocycles. The number of phenols is 1. The maximum atomic E-state index is 11.1. The number of para-hydroxylation sites is 1. The highest BCUT2D eigenvalue weighted by molar-refractivity contribution is 5.69. The van der Waals surface area contributed by atoms with E-state index in [4.69, 9.17) is 5.11 Å². The number of rotatable bonds is 5. The van der Waals surface area contributed by atoms with Crippen molar-refractivity contribution in [2.24, 2.45) is 0 Å². The second kappa shape index (κ2) is 6.06. The molecule has 0 fully saturated rings. The van der Waals surface area contributed by atoms with Gasteiger partial charge in [0, 0.05) is 17.1 Å². The number of hydrogen-bond donors (Lipinski definition) is 2. The summed E-state index contributed by atoms with van der Waals surface area (Å²) in [7, 11) is 0. The summed E-state index contributed by atoms with van der Waals surface area (Å²) >= 11 is 0. The topological polar surface area (TPSA) is 60.8 Å². The van der Waals surface area contributed by atoms with Gasteiger partial charge in [0.2, 0.25) is 0 Å². The molecule has 4 nitrogen and oxygen atoms in total. The van der Waals surface area contributed by atoms with Crippen LogP contribution in [0.3, 0.4) is 0 Å². The average molecular weight is 265 g/mol. The van der Waals surface area contributed by atoms with Crippen LogP contribution in [-0.2, 0) is 4.79 Å². The fourth-order valence-electron chi connectivity index (χ4n) is 2.34. The number of aliphatic carboxylic acids is 1. The predicted octanol–water partition coefficient (Wildman–Crippen LogP) is 3.03. The van der Waals surface area contributed by atoms with Crippen molar-refractivity contribution in [2.45, 2.75) is 45.7 Å². The van der Waals surface area contributed by atoms with E-state index in [-0.39, 0.29) is 23.9 Å². The molecule has 0 saturated carbocycles. The first kappa shape index (κ1) is 15.5. The van der Waals surface area contributed by atoms with Crippen LogP contribution in [0.15, 0.2) is 24.3 Å². The summed E-state index contributed by atoms with van der Waals surface area (Å²) in [6, 6.07) is 7.00. The van der Waals surface area contributed by atoms with E-state index in [0.29, 0.717) is 0 Å². The zero-order chi connectivity index (χ0) is 14.6. The number of phenolic OH excluding ortho intramolecular Hbond substituents is 1. The van der Waals surface area contributed by atoms with Crippen molar-refractivity contribution in [3.63, 3.8) is 0 Å². The van der Waals surface area contributed by atoms with Gasteiger partial charge in [0.25, 0.3) is 0 Å². The smallest absolute Gasteiger partial charge is 0.317 e. The van der Waals surface area contributed by atoms with Crippen LogP contribution in [-0.4, -0.2) is 33.2 Å². The van der Waals surface area contributed by atoms with Crippen LogP contribution in [0.4, 0.5) is 0 Å². The molecule has 0 amide bonds. The largest absolute Gasteiger partial charge is 0.508 e. The number of hydrogen-bond acceptors (Lipinski definition) is 3. The molecule has 0 radical (unpaired) electrons. The van der Waals surface area contributed by atoms with Gasteiger partial charge in [-0.1, -0.05) is 25.1 Å². The zero-order valence-electron chi connectivity index (χ0n) is 12.1.